The van der Waals surface area contributed by atoms with Gasteiger partial charge in [-0.3, -0.25) is 0 Å². The van der Waals surface area contributed by atoms with Crippen LogP contribution in [0, 0.1) is 5.82 Å². The number of hydrogen-bond donors (Lipinski definition) is 1. The predicted molar refractivity (Wildman–Crippen MR) is 85.9 cm³/mol. The van der Waals surface area contributed by atoms with Crippen molar-refractivity contribution in [1.29, 1.82) is 0 Å². The molecular weight excluding hydrogens is 313 g/mol. The number of hydrogen-bond acceptors (Lipinski definition) is 5. The fourth-order valence-corrected chi connectivity index (χ4v) is 2.06. The van der Waals surface area contributed by atoms with E-state index in [0.717, 1.165) is 5.56 Å². The Morgan fingerprint density at radius 3 is 2.50 bits per heavy atom. The molecule has 1 aromatic carbocycles. The molecule has 7 heteroatoms. The van der Waals surface area contributed by atoms with Crippen molar-refractivity contribution >= 4 is 6.09 Å². The summed E-state index contributed by atoms with van der Waals surface area (Å²) in [6.07, 6.45) is 0.402. The molecule has 1 atom stereocenters. The zero-order chi connectivity index (χ0) is 17.7. The molecule has 130 valence electrons. The van der Waals surface area contributed by atoms with Crippen LogP contribution in [0.4, 0.5) is 9.18 Å². The molecule has 1 heterocycles. The summed E-state index contributed by atoms with van der Waals surface area (Å²) in [5.41, 5.74) is 0.210. The van der Waals surface area contributed by atoms with Crippen molar-refractivity contribution in [3.8, 4) is 0 Å². The maximum absolute atomic E-state index is 13.1. The molecule has 0 saturated heterocycles. The minimum absolute atomic E-state index is 0.294. The van der Waals surface area contributed by atoms with Gasteiger partial charge in [-0.15, -0.1) is 10.2 Å². The molecule has 1 aromatic heterocycles. The molecule has 0 aliphatic heterocycles. The molecule has 0 aliphatic carbocycles. The monoisotopic (exact) mass is 335 g/mol. The topological polar surface area (TPSA) is 77.2 Å². The van der Waals surface area contributed by atoms with Crippen molar-refractivity contribution in [2.45, 2.75) is 52.2 Å². The minimum Gasteiger partial charge on any atom is -0.444 e. The van der Waals surface area contributed by atoms with Gasteiger partial charge in [0.25, 0.3) is 0 Å². The number of halogens is 1. The lowest BCUT2D eigenvalue weighted by atomic mass is 10.1. The second kappa shape index (κ2) is 7.42. The third kappa shape index (κ3) is 5.33. The number of benzene rings is 1. The van der Waals surface area contributed by atoms with Gasteiger partial charge in [-0.05, 0) is 38.5 Å². The Morgan fingerprint density at radius 2 is 1.96 bits per heavy atom. The number of amides is 1. The molecule has 0 unspecified atom stereocenters. The van der Waals surface area contributed by atoms with E-state index in [1.165, 1.54) is 12.1 Å². The van der Waals surface area contributed by atoms with Gasteiger partial charge in [0, 0.05) is 12.8 Å². The fourth-order valence-electron chi connectivity index (χ4n) is 2.06. The van der Waals surface area contributed by atoms with Gasteiger partial charge in [0.15, 0.2) is 0 Å². The summed E-state index contributed by atoms with van der Waals surface area (Å²) in [4.78, 5) is 12.1. The standard InChI is InChI=1S/C17H22FN3O3/c1-5-14-20-21-15(23-14)13(19-16(22)24-17(2,3)4)10-11-6-8-12(18)9-7-11/h6-9,13H,5,10H2,1-4H3,(H,19,22)/t13-/m1/s1. The second-order valence-corrected chi connectivity index (χ2v) is 6.42. The van der Waals surface area contributed by atoms with E-state index in [1.54, 1.807) is 32.9 Å². The highest BCUT2D eigenvalue weighted by Gasteiger charge is 2.24. The molecule has 0 saturated carbocycles. The molecule has 0 bridgehead atoms. The first-order chi connectivity index (χ1) is 11.3. The lowest BCUT2D eigenvalue weighted by molar-refractivity contribution is 0.0495. The number of nitrogens with one attached hydrogen (secondary N) is 1. The summed E-state index contributed by atoms with van der Waals surface area (Å²) in [5.74, 6) is 0.462. The molecule has 1 amide bonds. The van der Waals surface area contributed by atoms with E-state index >= 15 is 0 Å². The number of aryl methyl sites for hydroxylation is 1. The molecule has 0 aliphatic rings. The normalized spacial score (nSPS) is 12.7. The SMILES string of the molecule is CCc1nnc([C@@H](Cc2ccc(F)cc2)NC(=O)OC(C)(C)C)o1. The Balaban J connectivity index is 2.17. The van der Waals surface area contributed by atoms with Crippen molar-refractivity contribution in [2.24, 2.45) is 0 Å². The van der Waals surface area contributed by atoms with E-state index in [-0.39, 0.29) is 5.82 Å². The highest BCUT2D eigenvalue weighted by molar-refractivity contribution is 5.68. The zero-order valence-corrected chi connectivity index (χ0v) is 14.3. The minimum atomic E-state index is -0.617. The highest BCUT2D eigenvalue weighted by atomic mass is 19.1. The number of aromatic nitrogens is 2. The van der Waals surface area contributed by atoms with E-state index in [0.29, 0.717) is 24.6 Å². The fraction of sp³-hybridized carbons (Fsp3) is 0.471. The van der Waals surface area contributed by atoms with Gasteiger partial charge in [0.2, 0.25) is 11.8 Å². The maximum Gasteiger partial charge on any atom is 0.408 e. The maximum atomic E-state index is 13.1. The smallest absolute Gasteiger partial charge is 0.408 e. The van der Waals surface area contributed by atoms with Crippen LogP contribution in [0.15, 0.2) is 28.7 Å². The lowest BCUT2D eigenvalue weighted by Gasteiger charge is -2.22. The van der Waals surface area contributed by atoms with Gasteiger partial charge in [-0.25, -0.2) is 9.18 Å². The number of alkyl carbamates (subject to hydrolysis) is 1. The van der Waals surface area contributed by atoms with Gasteiger partial charge >= 0.3 is 6.09 Å². The number of rotatable bonds is 5. The van der Waals surface area contributed by atoms with E-state index in [9.17, 15) is 9.18 Å². The second-order valence-electron chi connectivity index (χ2n) is 6.42. The molecule has 2 rings (SSSR count). The van der Waals surface area contributed by atoms with Gasteiger partial charge in [-0.1, -0.05) is 19.1 Å². The van der Waals surface area contributed by atoms with Gasteiger partial charge in [0.05, 0.1) is 0 Å². The number of nitrogens with zero attached hydrogens (tertiary/aromatic N) is 2. The van der Waals surface area contributed by atoms with Crippen molar-refractivity contribution in [3.63, 3.8) is 0 Å². The van der Waals surface area contributed by atoms with E-state index in [2.05, 4.69) is 15.5 Å². The Morgan fingerprint density at radius 1 is 1.29 bits per heavy atom. The first-order valence-electron chi connectivity index (χ1n) is 7.83. The van der Waals surface area contributed by atoms with Crippen LogP contribution in [0.25, 0.3) is 0 Å². The van der Waals surface area contributed by atoms with E-state index in [4.69, 9.17) is 9.15 Å². The third-order valence-electron chi connectivity index (χ3n) is 3.13. The molecule has 6 nitrogen and oxygen atoms in total. The summed E-state index contributed by atoms with van der Waals surface area (Å²) in [7, 11) is 0. The van der Waals surface area contributed by atoms with Gasteiger partial charge in [-0.2, -0.15) is 0 Å². The van der Waals surface area contributed by atoms with Crippen LogP contribution in [0.2, 0.25) is 0 Å². The van der Waals surface area contributed by atoms with Crippen LogP contribution in [0.3, 0.4) is 0 Å². The Labute approximate surface area is 140 Å². The molecule has 0 fully saturated rings. The number of ether oxygens (including phenoxy) is 1. The predicted octanol–water partition coefficient (Wildman–Crippen LogP) is 3.58. The third-order valence-corrected chi connectivity index (χ3v) is 3.13. The summed E-state index contributed by atoms with van der Waals surface area (Å²) >= 11 is 0. The lowest BCUT2D eigenvalue weighted by Crippen LogP contribution is -2.36. The Hall–Kier alpha value is -2.44. The van der Waals surface area contributed by atoms with Crippen LogP contribution in [0.1, 0.15) is 51.1 Å². The van der Waals surface area contributed by atoms with E-state index in [1.807, 2.05) is 6.92 Å². The summed E-state index contributed by atoms with van der Waals surface area (Å²) in [6, 6.07) is 5.47. The first-order valence-corrected chi connectivity index (χ1v) is 7.83. The van der Waals surface area contributed by atoms with Crippen molar-refractivity contribution in [3.05, 3.63) is 47.4 Å². The average Bonchev–Trinajstić information content (AvgIpc) is 2.96. The molecular formula is C17H22FN3O3. The number of carbonyl (C=O) groups excluding carboxylic acids is 1. The number of carbonyl (C=O) groups is 1. The Kier molecular flexibility index (Phi) is 5.54. The largest absolute Gasteiger partial charge is 0.444 e. The molecule has 24 heavy (non-hydrogen) atoms. The average molecular weight is 335 g/mol. The van der Waals surface area contributed by atoms with Crippen LogP contribution in [-0.4, -0.2) is 21.9 Å². The summed E-state index contributed by atoms with van der Waals surface area (Å²) in [6.45, 7) is 7.24. The van der Waals surface area contributed by atoms with Crippen LogP contribution < -0.4 is 5.32 Å². The first kappa shape index (κ1) is 17.9. The molecule has 1 N–H and O–H groups in total. The van der Waals surface area contributed by atoms with Crippen molar-refractivity contribution in [1.82, 2.24) is 15.5 Å². The van der Waals surface area contributed by atoms with Crippen molar-refractivity contribution in [2.75, 3.05) is 0 Å². The van der Waals surface area contributed by atoms with Crippen LogP contribution in [-0.2, 0) is 17.6 Å². The van der Waals surface area contributed by atoms with Gasteiger partial charge in [0.1, 0.15) is 17.5 Å². The van der Waals surface area contributed by atoms with E-state index < -0.39 is 17.7 Å². The van der Waals surface area contributed by atoms with Crippen LogP contribution >= 0.6 is 0 Å². The summed E-state index contributed by atoms with van der Waals surface area (Å²) < 4.78 is 23.9. The highest BCUT2D eigenvalue weighted by Crippen LogP contribution is 2.19. The Bertz CT molecular complexity index is 677. The molecule has 0 radical (unpaired) electrons. The quantitative estimate of drug-likeness (QED) is 0.903. The van der Waals surface area contributed by atoms with Crippen LogP contribution in [0.5, 0.6) is 0 Å². The zero-order valence-electron chi connectivity index (χ0n) is 14.3. The van der Waals surface area contributed by atoms with Crippen molar-refractivity contribution < 1.29 is 18.3 Å². The summed E-state index contributed by atoms with van der Waals surface area (Å²) in [5, 5.41) is 10.7. The molecule has 0 spiro atoms. The van der Waals surface area contributed by atoms with Gasteiger partial charge < -0.3 is 14.5 Å². The molecule has 2 aromatic rings.